The Balaban J connectivity index is 1.98. The Kier molecular flexibility index (Phi) is 6.75. The number of halogens is 1. The number of carbonyl (C=O) groups is 2. The summed E-state index contributed by atoms with van der Waals surface area (Å²) in [6.45, 7) is 3.89. The largest absolute Gasteiger partial charge is 0.497 e. The third kappa shape index (κ3) is 4.81. The van der Waals surface area contributed by atoms with E-state index >= 15 is 0 Å². The molecule has 0 saturated carbocycles. The van der Waals surface area contributed by atoms with Gasteiger partial charge in [-0.1, -0.05) is 41.9 Å². The van der Waals surface area contributed by atoms with Gasteiger partial charge in [0.2, 0.25) is 0 Å². The van der Waals surface area contributed by atoms with Crippen LogP contribution in [0.2, 0.25) is 5.02 Å². The van der Waals surface area contributed by atoms with E-state index in [-0.39, 0.29) is 5.91 Å². The first-order valence-corrected chi connectivity index (χ1v) is 9.83. The van der Waals surface area contributed by atoms with E-state index in [0.29, 0.717) is 22.0 Å². The summed E-state index contributed by atoms with van der Waals surface area (Å²) in [6.07, 6.45) is 0.729. The Morgan fingerprint density at radius 2 is 1.70 bits per heavy atom. The second-order valence-corrected chi connectivity index (χ2v) is 7.39. The molecule has 5 nitrogen and oxygen atoms in total. The van der Waals surface area contributed by atoms with Crippen molar-refractivity contribution in [2.75, 3.05) is 17.7 Å². The number of hydrogen-bond donors (Lipinski definition) is 2. The number of nitrogens with one attached hydrogen (secondary N) is 2. The summed E-state index contributed by atoms with van der Waals surface area (Å²) in [5.41, 5.74) is 4.35. The van der Waals surface area contributed by atoms with Crippen LogP contribution in [0.4, 0.5) is 11.4 Å². The summed E-state index contributed by atoms with van der Waals surface area (Å²) < 4.78 is 5.19. The number of rotatable bonds is 7. The quantitative estimate of drug-likeness (QED) is 0.488. The van der Waals surface area contributed by atoms with E-state index in [1.807, 2.05) is 32.0 Å². The SMILES string of the molecule is COc1ccc(NC(C(=O)Nc2c(C)cccc2C)c2ccc(Cl)cc2)c(C=O)c1. The fourth-order valence-corrected chi connectivity index (χ4v) is 3.34. The Bertz CT molecular complexity index is 1040. The van der Waals surface area contributed by atoms with Crippen LogP contribution in [0.3, 0.4) is 0 Å². The molecule has 0 spiro atoms. The second kappa shape index (κ2) is 9.46. The number of benzene rings is 3. The molecule has 1 amide bonds. The predicted octanol–water partition coefficient (Wildman–Crippen LogP) is 5.57. The highest BCUT2D eigenvalue weighted by molar-refractivity contribution is 6.30. The molecule has 0 radical (unpaired) electrons. The number of anilines is 2. The number of para-hydroxylation sites is 1. The number of aldehydes is 1. The Morgan fingerprint density at radius 1 is 1.03 bits per heavy atom. The van der Waals surface area contributed by atoms with Gasteiger partial charge in [-0.15, -0.1) is 0 Å². The Morgan fingerprint density at radius 3 is 2.30 bits per heavy atom. The standard InChI is InChI=1S/C24H23ClN2O3/c1-15-5-4-6-16(2)22(15)27-24(29)23(17-7-9-19(25)10-8-17)26-21-12-11-20(30-3)13-18(21)14-28/h4-14,23,26H,1-3H3,(H,27,29). The maximum atomic E-state index is 13.3. The van der Waals surface area contributed by atoms with Gasteiger partial charge in [0.1, 0.15) is 11.8 Å². The van der Waals surface area contributed by atoms with Crippen LogP contribution in [0.1, 0.15) is 33.1 Å². The highest BCUT2D eigenvalue weighted by Crippen LogP contribution is 2.28. The molecule has 3 aromatic carbocycles. The molecule has 6 heteroatoms. The first kappa shape index (κ1) is 21.4. The molecular weight excluding hydrogens is 400 g/mol. The molecule has 3 rings (SSSR count). The van der Waals surface area contributed by atoms with Gasteiger partial charge in [0.25, 0.3) is 5.91 Å². The lowest BCUT2D eigenvalue weighted by Gasteiger charge is -2.22. The van der Waals surface area contributed by atoms with Gasteiger partial charge in [0, 0.05) is 22.0 Å². The highest BCUT2D eigenvalue weighted by Gasteiger charge is 2.23. The molecular formula is C24H23ClN2O3. The van der Waals surface area contributed by atoms with E-state index in [9.17, 15) is 9.59 Å². The van der Waals surface area contributed by atoms with E-state index in [4.69, 9.17) is 16.3 Å². The fraction of sp³-hybridized carbons (Fsp3) is 0.167. The van der Waals surface area contributed by atoms with Gasteiger partial charge in [0.15, 0.2) is 6.29 Å². The molecule has 0 bridgehead atoms. The maximum absolute atomic E-state index is 13.3. The average Bonchev–Trinajstić information content (AvgIpc) is 2.75. The van der Waals surface area contributed by atoms with Crippen molar-refractivity contribution >= 4 is 35.2 Å². The topological polar surface area (TPSA) is 67.4 Å². The second-order valence-electron chi connectivity index (χ2n) is 6.96. The van der Waals surface area contributed by atoms with E-state index in [1.165, 1.54) is 7.11 Å². The molecule has 0 heterocycles. The first-order valence-electron chi connectivity index (χ1n) is 9.45. The van der Waals surface area contributed by atoms with Crippen LogP contribution in [0.5, 0.6) is 5.75 Å². The average molecular weight is 423 g/mol. The Hall–Kier alpha value is -3.31. The summed E-state index contributed by atoms with van der Waals surface area (Å²) in [6, 6.07) is 17.2. The number of methoxy groups -OCH3 is 1. The van der Waals surface area contributed by atoms with Gasteiger partial charge in [-0.3, -0.25) is 9.59 Å². The normalized spacial score (nSPS) is 11.5. The summed E-state index contributed by atoms with van der Waals surface area (Å²) >= 11 is 6.03. The molecule has 0 aliphatic carbocycles. The van der Waals surface area contributed by atoms with Crippen molar-refractivity contribution in [3.05, 3.63) is 87.9 Å². The van der Waals surface area contributed by atoms with Crippen LogP contribution in [0.25, 0.3) is 0 Å². The smallest absolute Gasteiger partial charge is 0.251 e. The number of hydrogen-bond acceptors (Lipinski definition) is 4. The van der Waals surface area contributed by atoms with Crippen LogP contribution < -0.4 is 15.4 Å². The minimum Gasteiger partial charge on any atom is -0.497 e. The number of carbonyl (C=O) groups excluding carboxylic acids is 2. The Labute approximate surface area is 181 Å². The molecule has 1 atom stereocenters. The van der Waals surface area contributed by atoms with Crippen molar-refractivity contribution in [3.8, 4) is 5.75 Å². The summed E-state index contributed by atoms with van der Waals surface area (Å²) in [5.74, 6) is 0.313. The molecule has 0 aliphatic rings. The minimum absolute atomic E-state index is 0.248. The molecule has 0 saturated heterocycles. The van der Waals surface area contributed by atoms with Crippen molar-refractivity contribution in [2.45, 2.75) is 19.9 Å². The lowest BCUT2D eigenvalue weighted by Crippen LogP contribution is -2.28. The van der Waals surface area contributed by atoms with Crippen LogP contribution in [-0.4, -0.2) is 19.3 Å². The highest BCUT2D eigenvalue weighted by atomic mass is 35.5. The molecule has 1 unspecified atom stereocenters. The maximum Gasteiger partial charge on any atom is 0.251 e. The minimum atomic E-state index is -0.742. The van der Waals surface area contributed by atoms with Crippen LogP contribution >= 0.6 is 11.6 Å². The molecule has 3 aromatic rings. The molecule has 0 aliphatic heterocycles. The summed E-state index contributed by atoms with van der Waals surface area (Å²) in [4.78, 5) is 24.9. The number of ether oxygens (including phenoxy) is 1. The number of aryl methyl sites for hydroxylation is 2. The lowest BCUT2D eigenvalue weighted by atomic mass is 10.0. The van der Waals surface area contributed by atoms with Crippen molar-refractivity contribution in [1.82, 2.24) is 0 Å². The lowest BCUT2D eigenvalue weighted by molar-refractivity contribution is -0.117. The van der Waals surface area contributed by atoms with Gasteiger partial charge in [-0.2, -0.15) is 0 Å². The third-order valence-corrected chi connectivity index (χ3v) is 5.13. The van der Waals surface area contributed by atoms with Crippen molar-refractivity contribution in [3.63, 3.8) is 0 Å². The van der Waals surface area contributed by atoms with Gasteiger partial charge < -0.3 is 15.4 Å². The van der Waals surface area contributed by atoms with E-state index in [2.05, 4.69) is 10.6 Å². The first-order chi connectivity index (χ1) is 14.4. The molecule has 2 N–H and O–H groups in total. The van der Waals surface area contributed by atoms with E-state index < -0.39 is 6.04 Å². The van der Waals surface area contributed by atoms with Crippen LogP contribution in [0.15, 0.2) is 60.7 Å². The van der Waals surface area contributed by atoms with E-state index in [1.54, 1.807) is 42.5 Å². The third-order valence-electron chi connectivity index (χ3n) is 4.88. The molecule has 30 heavy (non-hydrogen) atoms. The summed E-state index contributed by atoms with van der Waals surface area (Å²) in [5, 5.41) is 6.80. The van der Waals surface area contributed by atoms with Gasteiger partial charge in [-0.05, 0) is 60.9 Å². The van der Waals surface area contributed by atoms with Crippen LogP contribution in [-0.2, 0) is 4.79 Å². The van der Waals surface area contributed by atoms with Crippen LogP contribution in [0, 0.1) is 13.8 Å². The zero-order valence-electron chi connectivity index (χ0n) is 17.0. The van der Waals surface area contributed by atoms with Gasteiger partial charge >= 0.3 is 0 Å². The fourth-order valence-electron chi connectivity index (χ4n) is 3.21. The number of amides is 1. The zero-order chi connectivity index (χ0) is 21.7. The molecule has 0 fully saturated rings. The van der Waals surface area contributed by atoms with E-state index in [0.717, 1.165) is 28.7 Å². The summed E-state index contributed by atoms with van der Waals surface area (Å²) in [7, 11) is 1.53. The monoisotopic (exact) mass is 422 g/mol. The van der Waals surface area contributed by atoms with Gasteiger partial charge in [-0.25, -0.2) is 0 Å². The predicted molar refractivity (Wildman–Crippen MR) is 121 cm³/mol. The van der Waals surface area contributed by atoms with Crippen molar-refractivity contribution in [1.29, 1.82) is 0 Å². The molecule has 0 aromatic heterocycles. The molecule has 154 valence electrons. The van der Waals surface area contributed by atoms with Crippen molar-refractivity contribution < 1.29 is 14.3 Å². The zero-order valence-corrected chi connectivity index (χ0v) is 17.8. The van der Waals surface area contributed by atoms with Crippen molar-refractivity contribution in [2.24, 2.45) is 0 Å². The van der Waals surface area contributed by atoms with Gasteiger partial charge in [0.05, 0.1) is 7.11 Å².